The first kappa shape index (κ1) is 14.8. The maximum atomic E-state index is 10.9. The first-order valence-corrected chi connectivity index (χ1v) is 7.44. The number of nitrogens with zero attached hydrogens (tertiary/aromatic N) is 1. The topological polar surface area (TPSA) is 66.0 Å². The molecular formula is C15H17BrN2O2. The summed E-state index contributed by atoms with van der Waals surface area (Å²) in [6, 6.07) is 7.61. The Labute approximate surface area is 126 Å². The minimum Gasteiger partial charge on any atom is -0.477 e. The third-order valence-corrected chi connectivity index (χ3v) is 4.22. The fourth-order valence-corrected chi connectivity index (χ4v) is 3.03. The van der Waals surface area contributed by atoms with Crippen molar-refractivity contribution in [1.82, 2.24) is 10.2 Å². The van der Waals surface area contributed by atoms with Gasteiger partial charge in [0, 0.05) is 10.0 Å². The van der Waals surface area contributed by atoms with Gasteiger partial charge in [-0.15, -0.1) is 0 Å². The van der Waals surface area contributed by atoms with Crippen molar-refractivity contribution in [1.29, 1.82) is 0 Å². The molecular weight excluding hydrogens is 320 g/mol. The second-order valence-corrected chi connectivity index (χ2v) is 5.58. The van der Waals surface area contributed by atoms with Crippen LogP contribution in [0.2, 0.25) is 0 Å². The number of carboxylic acids is 1. The third kappa shape index (κ3) is 2.93. The molecule has 2 aromatic rings. The van der Waals surface area contributed by atoms with E-state index < -0.39 is 5.97 Å². The molecule has 1 aromatic heterocycles. The number of carboxylic acid groups (broad SMARTS) is 1. The molecule has 20 heavy (non-hydrogen) atoms. The molecule has 0 saturated heterocycles. The zero-order chi connectivity index (χ0) is 14.7. The van der Waals surface area contributed by atoms with E-state index in [0.29, 0.717) is 11.6 Å². The number of carbonyl (C=O) groups is 1. The Morgan fingerprint density at radius 2 is 2.05 bits per heavy atom. The van der Waals surface area contributed by atoms with Crippen LogP contribution >= 0.6 is 15.9 Å². The number of aromatic amines is 1. The van der Waals surface area contributed by atoms with E-state index in [0.717, 1.165) is 22.9 Å². The minimum absolute atomic E-state index is 0.0974. The molecule has 0 amide bonds. The van der Waals surface area contributed by atoms with Crippen molar-refractivity contribution in [2.45, 2.75) is 32.6 Å². The molecule has 0 unspecified atom stereocenters. The summed E-state index contributed by atoms with van der Waals surface area (Å²) in [7, 11) is 0. The van der Waals surface area contributed by atoms with Crippen LogP contribution in [0.15, 0.2) is 28.7 Å². The predicted octanol–water partition coefficient (Wildman–Crippen LogP) is 4.44. The molecule has 0 radical (unpaired) electrons. The molecule has 4 nitrogen and oxygen atoms in total. The molecule has 1 aromatic carbocycles. The van der Waals surface area contributed by atoms with Gasteiger partial charge in [0.2, 0.25) is 0 Å². The van der Waals surface area contributed by atoms with Crippen molar-refractivity contribution in [2.24, 2.45) is 0 Å². The van der Waals surface area contributed by atoms with Gasteiger partial charge >= 0.3 is 5.97 Å². The molecule has 1 heterocycles. The summed E-state index contributed by atoms with van der Waals surface area (Å²) in [5, 5.41) is 15.5. The summed E-state index contributed by atoms with van der Waals surface area (Å²) in [5.74, 6) is -0.469. The number of nitrogens with one attached hydrogen (secondary N) is 1. The van der Waals surface area contributed by atoms with Crippen LogP contribution in [0.5, 0.6) is 0 Å². The van der Waals surface area contributed by atoms with Crippen LogP contribution in [0.25, 0.3) is 11.3 Å². The van der Waals surface area contributed by atoms with Crippen LogP contribution in [0.1, 0.15) is 48.7 Å². The number of H-pyrrole nitrogens is 1. The average molecular weight is 337 g/mol. The monoisotopic (exact) mass is 336 g/mol. The van der Waals surface area contributed by atoms with E-state index in [1.807, 2.05) is 12.1 Å². The minimum atomic E-state index is -1.00. The van der Waals surface area contributed by atoms with Gasteiger partial charge in [0.05, 0.1) is 5.69 Å². The summed E-state index contributed by atoms with van der Waals surface area (Å²) in [5.41, 5.74) is 2.92. The molecule has 5 heteroatoms. The first-order valence-electron chi connectivity index (χ1n) is 6.65. The average Bonchev–Trinajstić information content (AvgIpc) is 2.91. The van der Waals surface area contributed by atoms with E-state index in [9.17, 15) is 4.79 Å². The quantitative estimate of drug-likeness (QED) is 0.848. The molecule has 106 valence electrons. The van der Waals surface area contributed by atoms with Gasteiger partial charge in [0.25, 0.3) is 0 Å². The lowest BCUT2D eigenvalue weighted by Crippen LogP contribution is -1.97. The number of aromatic nitrogens is 2. The molecule has 0 fully saturated rings. The largest absolute Gasteiger partial charge is 0.477 e. The lowest BCUT2D eigenvalue weighted by molar-refractivity contribution is 0.0690. The van der Waals surface area contributed by atoms with Gasteiger partial charge in [0.15, 0.2) is 0 Å². The smallest absolute Gasteiger partial charge is 0.353 e. The number of hydrogen-bond acceptors (Lipinski definition) is 2. The summed E-state index contributed by atoms with van der Waals surface area (Å²) in [6.07, 6.45) is 2.19. The summed E-state index contributed by atoms with van der Waals surface area (Å²) >= 11 is 3.61. The van der Waals surface area contributed by atoms with E-state index in [4.69, 9.17) is 5.11 Å². The highest BCUT2D eigenvalue weighted by atomic mass is 79.9. The Bertz CT molecular complexity index is 618. The maximum Gasteiger partial charge on any atom is 0.353 e. The zero-order valence-electron chi connectivity index (χ0n) is 11.5. The van der Waals surface area contributed by atoms with Crippen molar-refractivity contribution >= 4 is 21.9 Å². The van der Waals surface area contributed by atoms with E-state index in [1.54, 1.807) is 6.07 Å². The molecule has 0 aliphatic rings. The maximum absolute atomic E-state index is 10.9. The van der Waals surface area contributed by atoms with Gasteiger partial charge in [-0.1, -0.05) is 41.9 Å². The highest BCUT2D eigenvalue weighted by Crippen LogP contribution is 2.32. The molecule has 0 atom stereocenters. The molecule has 0 aliphatic heterocycles. The summed E-state index contributed by atoms with van der Waals surface area (Å²) in [4.78, 5) is 10.9. The van der Waals surface area contributed by atoms with Gasteiger partial charge in [-0.2, -0.15) is 5.10 Å². The second kappa shape index (κ2) is 6.22. The highest BCUT2D eigenvalue weighted by Gasteiger charge is 2.14. The number of aromatic carboxylic acids is 1. The van der Waals surface area contributed by atoms with E-state index in [1.165, 1.54) is 5.56 Å². The molecule has 0 aliphatic carbocycles. The predicted molar refractivity (Wildman–Crippen MR) is 82.0 cm³/mol. The lowest BCUT2D eigenvalue weighted by atomic mass is 9.93. The second-order valence-electron chi connectivity index (χ2n) is 4.72. The van der Waals surface area contributed by atoms with Crippen LogP contribution < -0.4 is 0 Å². The van der Waals surface area contributed by atoms with Crippen LogP contribution in [0.3, 0.4) is 0 Å². The van der Waals surface area contributed by atoms with E-state index in [-0.39, 0.29) is 5.69 Å². The Morgan fingerprint density at radius 1 is 1.35 bits per heavy atom. The fraction of sp³-hybridized carbons (Fsp3) is 0.333. The molecule has 2 rings (SSSR count). The van der Waals surface area contributed by atoms with Crippen LogP contribution in [-0.4, -0.2) is 21.3 Å². The Kier molecular flexibility index (Phi) is 4.60. The van der Waals surface area contributed by atoms with Crippen molar-refractivity contribution in [3.05, 3.63) is 40.0 Å². The number of rotatable bonds is 5. The number of benzene rings is 1. The van der Waals surface area contributed by atoms with Gasteiger partial charge < -0.3 is 5.11 Å². The highest BCUT2D eigenvalue weighted by molar-refractivity contribution is 9.10. The number of halogens is 1. The van der Waals surface area contributed by atoms with Crippen molar-refractivity contribution < 1.29 is 9.90 Å². The van der Waals surface area contributed by atoms with E-state index >= 15 is 0 Å². The van der Waals surface area contributed by atoms with Gasteiger partial charge in [-0.05, 0) is 36.5 Å². The summed E-state index contributed by atoms with van der Waals surface area (Å²) in [6.45, 7) is 4.36. The van der Waals surface area contributed by atoms with Crippen LogP contribution in [0, 0.1) is 0 Å². The summed E-state index contributed by atoms with van der Waals surface area (Å²) < 4.78 is 1.04. The van der Waals surface area contributed by atoms with Crippen molar-refractivity contribution in [2.75, 3.05) is 0 Å². The number of hydrogen-bond donors (Lipinski definition) is 2. The lowest BCUT2D eigenvalue weighted by Gasteiger charge is -2.15. The van der Waals surface area contributed by atoms with Crippen molar-refractivity contribution in [3.8, 4) is 11.3 Å². The molecule has 0 spiro atoms. The normalized spacial score (nSPS) is 11.0. The Hall–Kier alpha value is -1.62. The Morgan fingerprint density at radius 3 is 2.55 bits per heavy atom. The molecule has 0 saturated carbocycles. The Balaban J connectivity index is 2.34. The van der Waals surface area contributed by atoms with Crippen LogP contribution in [0.4, 0.5) is 0 Å². The molecule has 0 bridgehead atoms. The fourth-order valence-electron chi connectivity index (χ4n) is 2.33. The third-order valence-electron chi connectivity index (χ3n) is 3.53. The van der Waals surface area contributed by atoms with Crippen LogP contribution in [-0.2, 0) is 0 Å². The molecule has 2 N–H and O–H groups in total. The first-order chi connectivity index (χ1) is 9.56. The van der Waals surface area contributed by atoms with E-state index in [2.05, 4.69) is 46.0 Å². The van der Waals surface area contributed by atoms with Gasteiger partial charge in [-0.25, -0.2) is 4.79 Å². The standard InChI is InChI=1S/C15H17BrN2O2/c1-3-9(4-2)11-6-5-10(7-12(11)16)13-8-14(15(19)20)18-17-13/h5-9H,3-4H2,1-2H3,(H,17,18)(H,19,20). The van der Waals surface area contributed by atoms with Crippen molar-refractivity contribution in [3.63, 3.8) is 0 Å². The zero-order valence-corrected chi connectivity index (χ0v) is 13.1. The SMILES string of the molecule is CCC(CC)c1ccc(-c2cc(C(=O)O)[nH]n2)cc1Br. The van der Waals surface area contributed by atoms with Gasteiger partial charge in [-0.3, -0.25) is 5.10 Å². The van der Waals surface area contributed by atoms with Gasteiger partial charge in [0.1, 0.15) is 5.69 Å².